The van der Waals surface area contributed by atoms with Gasteiger partial charge in [0.05, 0.1) is 0 Å². The molecule has 1 N–H and O–H groups in total. The molecule has 0 amide bonds. The first kappa shape index (κ1) is 9.71. The second-order valence-corrected chi connectivity index (χ2v) is 3.36. The van der Waals surface area contributed by atoms with Gasteiger partial charge in [0.2, 0.25) is 0 Å². The number of aromatic nitrogens is 1. The molecule has 1 aromatic heterocycles. The van der Waals surface area contributed by atoms with Crippen LogP contribution in [0.25, 0.3) is 11.1 Å². The average Bonchev–Trinajstić information content (AvgIpc) is 2.65. The Balaban J connectivity index is 2.13. The number of rotatable bonds is 4. The second kappa shape index (κ2) is 4.13. The van der Waals surface area contributed by atoms with Crippen LogP contribution in [0.15, 0.2) is 29.0 Å². The Bertz CT molecular complexity index is 475. The minimum absolute atomic E-state index is 0.189. The maximum Gasteiger partial charge on any atom is 0.303 e. The van der Waals surface area contributed by atoms with Crippen LogP contribution >= 0.6 is 0 Å². The summed E-state index contributed by atoms with van der Waals surface area (Å²) in [6, 6.07) is 5.69. The van der Waals surface area contributed by atoms with E-state index in [1.807, 2.05) is 18.2 Å². The molecule has 0 saturated heterocycles. The smallest absolute Gasteiger partial charge is 0.303 e. The highest BCUT2D eigenvalue weighted by molar-refractivity contribution is 5.76. The highest BCUT2D eigenvalue weighted by Gasteiger charge is 2.05. The maximum atomic E-state index is 10.4. The van der Waals surface area contributed by atoms with Crippen molar-refractivity contribution >= 4 is 17.1 Å². The highest BCUT2D eigenvalue weighted by Crippen LogP contribution is 2.18. The van der Waals surface area contributed by atoms with Gasteiger partial charge in [-0.05, 0) is 24.5 Å². The number of para-hydroxylation sites is 1. The lowest BCUT2D eigenvalue weighted by Gasteiger charge is -1.99. The van der Waals surface area contributed by atoms with E-state index < -0.39 is 5.97 Å². The van der Waals surface area contributed by atoms with Crippen LogP contribution in [0.2, 0.25) is 0 Å². The summed E-state index contributed by atoms with van der Waals surface area (Å²) in [5, 5.41) is 8.53. The van der Waals surface area contributed by atoms with E-state index in [1.165, 1.54) is 6.39 Å². The molecule has 1 aromatic carbocycles. The number of hydrogen-bond acceptors (Lipinski definition) is 3. The van der Waals surface area contributed by atoms with Gasteiger partial charge in [-0.1, -0.05) is 12.1 Å². The molecule has 4 heteroatoms. The van der Waals surface area contributed by atoms with Crippen molar-refractivity contribution in [1.82, 2.24) is 4.98 Å². The van der Waals surface area contributed by atoms with E-state index in [-0.39, 0.29) is 6.42 Å². The third-order valence-electron chi connectivity index (χ3n) is 2.28. The largest absolute Gasteiger partial charge is 0.481 e. The van der Waals surface area contributed by atoms with Crippen LogP contribution in [0.3, 0.4) is 0 Å². The molecule has 0 saturated carbocycles. The monoisotopic (exact) mass is 205 g/mol. The molecule has 0 aliphatic rings. The van der Waals surface area contributed by atoms with E-state index in [9.17, 15) is 4.79 Å². The van der Waals surface area contributed by atoms with E-state index >= 15 is 0 Å². The fraction of sp³-hybridized carbons (Fsp3) is 0.273. The van der Waals surface area contributed by atoms with Crippen LogP contribution in [0.1, 0.15) is 18.4 Å². The lowest BCUT2D eigenvalue weighted by atomic mass is 10.1. The summed E-state index contributed by atoms with van der Waals surface area (Å²) < 4.78 is 5.16. The molecule has 2 rings (SSSR count). The Hall–Kier alpha value is -1.84. The molecule has 0 unspecified atom stereocenters. The molecule has 0 aliphatic heterocycles. The van der Waals surface area contributed by atoms with E-state index in [2.05, 4.69) is 4.98 Å². The van der Waals surface area contributed by atoms with Gasteiger partial charge in [-0.15, -0.1) is 0 Å². The molecule has 4 nitrogen and oxygen atoms in total. The standard InChI is InChI=1S/C11H11NO3/c13-10(14)6-2-4-8-3-1-5-9-11(8)12-7-15-9/h1,3,5,7H,2,4,6H2,(H,13,14). The predicted octanol–water partition coefficient (Wildman–Crippen LogP) is 2.24. The first-order valence-corrected chi connectivity index (χ1v) is 4.80. The van der Waals surface area contributed by atoms with Crippen LogP contribution < -0.4 is 0 Å². The van der Waals surface area contributed by atoms with Crippen LogP contribution in [-0.2, 0) is 11.2 Å². The normalized spacial score (nSPS) is 10.7. The first-order chi connectivity index (χ1) is 7.27. The topological polar surface area (TPSA) is 63.3 Å². The minimum Gasteiger partial charge on any atom is -0.481 e. The van der Waals surface area contributed by atoms with Gasteiger partial charge in [-0.2, -0.15) is 0 Å². The average molecular weight is 205 g/mol. The minimum atomic E-state index is -0.762. The lowest BCUT2D eigenvalue weighted by molar-refractivity contribution is -0.137. The number of aliphatic carboxylic acids is 1. The van der Waals surface area contributed by atoms with E-state index in [0.717, 1.165) is 23.1 Å². The van der Waals surface area contributed by atoms with Gasteiger partial charge in [-0.25, -0.2) is 4.98 Å². The van der Waals surface area contributed by atoms with Gasteiger partial charge in [0.15, 0.2) is 12.0 Å². The van der Waals surface area contributed by atoms with Crippen molar-refractivity contribution in [1.29, 1.82) is 0 Å². The summed E-state index contributed by atoms with van der Waals surface area (Å²) in [4.78, 5) is 14.5. The van der Waals surface area contributed by atoms with Gasteiger partial charge in [0, 0.05) is 6.42 Å². The SMILES string of the molecule is O=C(O)CCCc1cccc2ocnc12. The van der Waals surface area contributed by atoms with Crippen molar-refractivity contribution in [3.63, 3.8) is 0 Å². The molecule has 1 heterocycles. The van der Waals surface area contributed by atoms with Gasteiger partial charge < -0.3 is 9.52 Å². The zero-order chi connectivity index (χ0) is 10.7. The van der Waals surface area contributed by atoms with Crippen LogP contribution in [0, 0.1) is 0 Å². The lowest BCUT2D eigenvalue weighted by Crippen LogP contribution is -1.96. The number of nitrogens with zero attached hydrogens (tertiary/aromatic N) is 1. The van der Waals surface area contributed by atoms with Crippen molar-refractivity contribution in [2.75, 3.05) is 0 Å². The Morgan fingerprint density at radius 3 is 3.13 bits per heavy atom. The molecule has 0 spiro atoms. The van der Waals surface area contributed by atoms with Crippen molar-refractivity contribution in [3.05, 3.63) is 30.2 Å². The second-order valence-electron chi connectivity index (χ2n) is 3.36. The number of oxazole rings is 1. The molecule has 0 bridgehead atoms. The van der Waals surface area contributed by atoms with Gasteiger partial charge >= 0.3 is 5.97 Å². The molecular formula is C11H11NO3. The molecular weight excluding hydrogens is 194 g/mol. The Labute approximate surface area is 86.5 Å². The van der Waals surface area contributed by atoms with Crippen molar-refractivity contribution < 1.29 is 14.3 Å². The maximum absolute atomic E-state index is 10.4. The van der Waals surface area contributed by atoms with E-state index in [1.54, 1.807) is 0 Å². The van der Waals surface area contributed by atoms with Crippen LogP contribution in [0.4, 0.5) is 0 Å². The third-order valence-corrected chi connectivity index (χ3v) is 2.28. The van der Waals surface area contributed by atoms with Gasteiger partial charge in [0.25, 0.3) is 0 Å². The molecule has 0 fully saturated rings. The molecule has 0 aliphatic carbocycles. The summed E-state index contributed by atoms with van der Waals surface area (Å²) in [5.74, 6) is -0.762. The highest BCUT2D eigenvalue weighted by atomic mass is 16.4. The fourth-order valence-corrected chi connectivity index (χ4v) is 1.58. The summed E-state index contributed by atoms with van der Waals surface area (Å²) >= 11 is 0. The Morgan fingerprint density at radius 2 is 2.33 bits per heavy atom. The summed E-state index contributed by atoms with van der Waals surface area (Å²) in [6.07, 6.45) is 2.94. The number of benzene rings is 1. The number of carboxylic acids is 1. The Kier molecular flexibility index (Phi) is 2.67. The first-order valence-electron chi connectivity index (χ1n) is 4.80. The number of aryl methyl sites for hydroxylation is 1. The molecule has 78 valence electrons. The predicted molar refractivity (Wildman–Crippen MR) is 54.6 cm³/mol. The third kappa shape index (κ3) is 2.15. The summed E-state index contributed by atoms with van der Waals surface area (Å²) in [7, 11) is 0. The van der Waals surface area contributed by atoms with Crippen LogP contribution in [-0.4, -0.2) is 16.1 Å². The molecule has 15 heavy (non-hydrogen) atoms. The zero-order valence-electron chi connectivity index (χ0n) is 8.14. The quantitative estimate of drug-likeness (QED) is 0.831. The van der Waals surface area contributed by atoms with E-state index in [0.29, 0.717) is 6.42 Å². The van der Waals surface area contributed by atoms with Gasteiger partial charge in [0.1, 0.15) is 5.52 Å². The van der Waals surface area contributed by atoms with Gasteiger partial charge in [-0.3, -0.25) is 4.79 Å². The molecule has 0 radical (unpaired) electrons. The number of hydrogen-bond donors (Lipinski definition) is 1. The summed E-state index contributed by atoms with van der Waals surface area (Å²) in [6.45, 7) is 0. The number of fused-ring (bicyclic) bond motifs is 1. The van der Waals surface area contributed by atoms with Crippen molar-refractivity contribution in [2.24, 2.45) is 0 Å². The Morgan fingerprint density at radius 1 is 1.47 bits per heavy atom. The molecule has 2 aromatic rings. The van der Waals surface area contributed by atoms with E-state index in [4.69, 9.17) is 9.52 Å². The zero-order valence-corrected chi connectivity index (χ0v) is 8.14. The molecule has 0 atom stereocenters. The fourth-order valence-electron chi connectivity index (χ4n) is 1.58. The van der Waals surface area contributed by atoms with Crippen molar-refractivity contribution in [2.45, 2.75) is 19.3 Å². The van der Waals surface area contributed by atoms with Crippen molar-refractivity contribution in [3.8, 4) is 0 Å². The van der Waals surface area contributed by atoms with Crippen LogP contribution in [0.5, 0.6) is 0 Å². The number of carbonyl (C=O) groups is 1. The number of carboxylic acid groups (broad SMARTS) is 1. The summed E-state index contributed by atoms with van der Waals surface area (Å²) in [5.41, 5.74) is 2.63.